The van der Waals surface area contributed by atoms with Crippen molar-refractivity contribution < 1.29 is 14.3 Å². The molecule has 4 nitrogen and oxygen atoms in total. The van der Waals surface area contributed by atoms with Gasteiger partial charge in [-0.3, -0.25) is 4.79 Å². The van der Waals surface area contributed by atoms with Gasteiger partial charge in [0.05, 0.1) is 5.92 Å². The van der Waals surface area contributed by atoms with Crippen LogP contribution in [0.4, 0.5) is 5.69 Å². The Hall–Kier alpha value is -3.27. The van der Waals surface area contributed by atoms with Crippen LogP contribution in [0.3, 0.4) is 0 Å². The molecule has 0 heterocycles. The minimum absolute atomic E-state index is 0.0264. The van der Waals surface area contributed by atoms with Crippen molar-refractivity contribution in [1.82, 2.24) is 0 Å². The molecule has 0 saturated heterocycles. The summed E-state index contributed by atoms with van der Waals surface area (Å²) in [5.74, 6) is 1.94. The molecule has 0 aliphatic heterocycles. The monoisotopic (exact) mass is 417 g/mol. The van der Waals surface area contributed by atoms with Crippen LogP contribution in [-0.2, 0) is 11.2 Å². The van der Waals surface area contributed by atoms with Gasteiger partial charge < -0.3 is 14.8 Å². The predicted octanol–water partition coefficient (Wildman–Crippen LogP) is 6.09. The van der Waals surface area contributed by atoms with Crippen molar-refractivity contribution in [3.63, 3.8) is 0 Å². The first-order chi connectivity index (χ1) is 15.0. The third kappa shape index (κ3) is 7.18. The molecule has 1 N–H and O–H groups in total. The van der Waals surface area contributed by atoms with Gasteiger partial charge in [0.25, 0.3) is 0 Å². The van der Waals surface area contributed by atoms with Gasteiger partial charge in [0.2, 0.25) is 5.91 Å². The van der Waals surface area contributed by atoms with Gasteiger partial charge in [0, 0.05) is 5.69 Å². The Kier molecular flexibility index (Phi) is 8.11. The molecular formula is C27H31NO3. The van der Waals surface area contributed by atoms with Crippen molar-refractivity contribution in [3.8, 4) is 11.5 Å². The van der Waals surface area contributed by atoms with E-state index in [9.17, 15) is 4.79 Å². The van der Waals surface area contributed by atoms with E-state index in [1.165, 1.54) is 5.56 Å². The Morgan fingerprint density at radius 2 is 1.35 bits per heavy atom. The lowest BCUT2D eigenvalue weighted by atomic mass is 9.96. The summed E-state index contributed by atoms with van der Waals surface area (Å²) >= 11 is 0. The van der Waals surface area contributed by atoms with E-state index in [0.29, 0.717) is 19.1 Å². The molecule has 0 aliphatic rings. The Morgan fingerprint density at radius 1 is 0.774 bits per heavy atom. The molecule has 31 heavy (non-hydrogen) atoms. The first kappa shape index (κ1) is 22.4. The number of hydrogen-bond acceptors (Lipinski definition) is 3. The molecule has 1 amide bonds. The highest BCUT2D eigenvalue weighted by molar-refractivity contribution is 5.95. The first-order valence-electron chi connectivity index (χ1n) is 10.8. The lowest BCUT2D eigenvalue weighted by Gasteiger charge is -2.14. The maximum Gasteiger partial charge on any atom is 0.231 e. The second kappa shape index (κ2) is 11.2. The number of amides is 1. The molecule has 0 radical (unpaired) electrons. The van der Waals surface area contributed by atoms with Crippen LogP contribution in [0.15, 0.2) is 78.9 Å². The van der Waals surface area contributed by atoms with Crippen LogP contribution >= 0.6 is 0 Å². The lowest BCUT2D eigenvalue weighted by molar-refractivity contribution is -0.117. The molecule has 0 fully saturated rings. The average Bonchev–Trinajstić information content (AvgIpc) is 2.78. The Labute approximate surface area is 185 Å². The number of rotatable bonds is 10. The topological polar surface area (TPSA) is 47.6 Å². The van der Waals surface area contributed by atoms with Gasteiger partial charge in [0.1, 0.15) is 24.7 Å². The van der Waals surface area contributed by atoms with Crippen LogP contribution < -0.4 is 14.8 Å². The summed E-state index contributed by atoms with van der Waals surface area (Å²) < 4.78 is 11.3. The van der Waals surface area contributed by atoms with Gasteiger partial charge >= 0.3 is 0 Å². The summed E-state index contributed by atoms with van der Waals surface area (Å²) in [6, 6.07) is 25.4. The second-order valence-corrected chi connectivity index (χ2v) is 8.08. The van der Waals surface area contributed by atoms with Crippen LogP contribution in [0, 0.1) is 5.92 Å². The number of anilines is 1. The van der Waals surface area contributed by atoms with Crippen molar-refractivity contribution in [2.24, 2.45) is 5.92 Å². The first-order valence-corrected chi connectivity index (χ1v) is 10.8. The molecule has 4 heteroatoms. The molecular weight excluding hydrogens is 386 g/mol. The fourth-order valence-corrected chi connectivity index (χ4v) is 3.29. The van der Waals surface area contributed by atoms with Crippen LogP contribution in [0.2, 0.25) is 0 Å². The second-order valence-electron chi connectivity index (χ2n) is 8.08. The molecule has 0 aromatic heterocycles. The fourth-order valence-electron chi connectivity index (χ4n) is 3.29. The zero-order chi connectivity index (χ0) is 22.1. The highest BCUT2D eigenvalue weighted by Gasteiger charge is 2.15. The molecule has 0 bridgehead atoms. The highest BCUT2D eigenvalue weighted by atomic mass is 16.5. The molecule has 162 valence electrons. The lowest BCUT2D eigenvalue weighted by Crippen LogP contribution is -2.18. The van der Waals surface area contributed by atoms with Crippen molar-refractivity contribution >= 4 is 11.6 Å². The number of hydrogen-bond donors (Lipinski definition) is 1. The molecule has 3 rings (SSSR count). The Balaban J connectivity index is 1.45. The summed E-state index contributed by atoms with van der Waals surface area (Å²) in [7, 11) is 0. The van der Waals surface area contributed by atoms with E-state index in [-0.39, 0.29) is 11.8 Å². The van der Waals surface area contributed by atoms with Crippen molar-refractivity contribution in [3.05, 3.63) is 90.0 Å². The molecule has 3 aromatic carbocycles. The zero-order valence-electron chi connectivity index (χ0n) is 18.5. The number of nitrogens with one attached hydrogen (secondary N) is 1. The molecule has 0 aliphatic carbocycles. The summed E-state index contributed by atoms with van der Waals surface area (Å²) in [6.45, 7) is 7.26. The normalized spacial score (nSPS) is 11.7. The fraction of sp³-hybridized carbons (Fsp3) is 0.296. The average molecular weight is 418 g/mol. The van der Waals surface area contributed by atoms with Gasteiger partial charge in [-0.15, -0.1) is 0 Å². The van der Waals surface area contributed by atoms with Gasteiger partial charge in [0.15, 0.2) is 0 Å². The minimum Gasteiger partial charge on any atom is -0.490 e. The zero-order valence-corrected chi connectivity index (χ0v) is 18.5. The SMILES string of the molecule is CC(C)Cc1ccc(C(C)C(=O)Nc2ccc(OCCOc3ccccc3)cc2)cc1. The number of carbonyl (C=O) groups excluding carboxylic acids is 1. The van der Waals surface area contributed by atoms with Crippen LogP contribution in [0.25, 0.3) is 0 Å². The Bertz CT molecular complexity index is 934. The predicted molar refractivity (Wildman–Crippen MR) is 126 cm³/mol. The van der Waals surface area contributed by atoms with E-state index < -0.39 is 0 Å². The minimum atomic E-state index is -0.223. The van der Waals surface area contributed by atoms with Crippen LogP contribution in [0.1, 0.15) is 37.8 Å². The summed E-state index contributed by atoms with van der Waals surface area (Å²) in [5, 5.41) is 2.98. The number of ether oxygens (including phenoxy) is 2. The number of benzene rings is 3. The van der Waals surface area contributed by atoms with E-state index in [1.54, 1.807) is 0 Å². The third-order valence-corrected chi connectivity index (χ3v) is 5.00. The van der Waals surface area contributed by atoms with E-state index in [1.807, 2.05) is 61.5 Å². The summed E-state index contributed by atoms with van der Waals surface area (Å²) in [4.78, 5) is 12.6. The molecule has 1 unspecified atom stereocenters. The van der Waals surface area contributed by atoms with Crippen molar-refractivity contribution in [1.29, 1.82) is 0 Å². The Morgan fingerprint density at radius 3 is 1.94 bits per heavy atom. The third-order valence-electron chi connectivity index (χ3n) is 5.00. The van der Waals surface area contributed by atoms with Gasteiger partial charge in [-0.05, 0) is 66.8 Å². The quantitative estimate of drug-likeness (QED) is 0.406. The maximum atomic E-state index is 12.6. The van der Waals surface area contributed by atoms with Crippen LogP contribution in [-0.4, -0.2) is 19.1 Å². The van der Waals surface area contributed by atoms with Crippen LogP contribution in [0.5, 0.6) is 11.5 Å². The van der Waals surface area contributed by atoms with Crippen molar-refractivity contribution in [2.45, 2.75) is 33.1 Å². The molecule has 3 aromatic rings. The smallest absolute Gasteiger partial charge is 0.231 e. The summed E-state index contributed by atoms with van der Waals surface area (Å²) in [6.07, 6.45) is 1.05. The van der Waals surface area contributed by atoms with E-state index in [2.05, 4.69) is 43.4 Å². The van der Waals surface area contributed by atoms with Crippen molar-refractivity contribution in [2.75, 3.05) is 18.5 Å². The highest BCUT2D eigenvalue weighted by Crippen LogP contribution is 2.21. The number of carbonyl (C=O) groups is 1. The van der Waals surface area contributed by atoms with E-state index >= 15 is 0 Å². The number of para-hydroxylation sites is 1. The standard InChI is InChI=1S/C27H31NO3/c1-20(2)19-22-9-11-23(12-10-22)21(3)27(29)28-24-13-15-26(16-14-24)31-18-17-30-25-7-5-4-6-8-25/h4-16,20-21H,17-19H2,1-3H3,(H,28,29). The van der Waals surface area contributed by atoms with E-state index in [4.69, 9.17) is 9.47 Å². The largest absolute Gasteiger partial charge is 0.490 e. The summed E-state index contributed by atoms with van der Waals surface area (Å²) in [5.41, 5.74) is 3.07. The van der Waals surface area contributed by atoms with Gasteiger partial charge in [-0.25, -0.2) is 0 Å². The molecule has 1 atom stereocenters. The van der Waals surface area contributed by atoms with Gasteiger partial charge in [-0.2, -0.15) is 0 Å². The molecule has 0 spiro atoms. The van der Waals surface area contributed by atoms with Gasteiger partial charge in [-0.1, -0.05) is 56.3 Å². The maximum absolute atomic E-state index is 12.6. The molecule has 0 saturated carbocycles. The van der Waals surface area contributed by atoms with E-state index in [0.717, 1.165) is 29.2 Å².